The van der Waals surface area contributed by atoms with Crippen LogP contribution in [0.3, 0.4) is 0 Å². The Labute approximate surface area is 255 Å². The van der Waals surface area contributed by atoms with Gasteiger partial charge >= 0.3 is 0 Å². The molecule has 206 valence electrons. The first-order valence-electron chi connectivity index (χ1n) is 15.0. The maximum Gasteiger partial charge on any atom is 0.0710 e. The number of fused-ring (bicyclic) bond motifs is 6. The molecule has 0 unspecified atom stereocenters. The topological polar surface area (TPSA) is 21.1 Å². The number of anilines is 3. The Balaban J connectivity index is 1.29. The fourth-order valence-electron chi connectivity index (χ4n) is 6.64. The van der Waals surface area contributed by atoms with Crippen LogP contribution in [-0.4, -0.2) is 9.55 Å². The molecule has 0 saturated heterocycles. The number of pyridine rings is 1. The Hall–Kier alpha value is -5.93. The maximum atomic E-state index is 5.03. The van der Waals surface area contributed by atoms with Gasteiger partial charge in [0.1, 0.15) is 0 Å². The lowest BCUT2D eigenvalue weighted by molar-refractivity contribution is 1.18. The molecule has 3 heterocycles. The van der Waals surface area contributed by atoms with Crippen molar-refractivity contribution in [2.75, 3.05) is 4.90 Å². The molecule has 0 fully saturated rings. The van der Waals surface area contributed by atoms with E-state index in [1.54, 1.807) is 0 Å². The van der Waals surface area contributed by atoms with E-state index in [0.717, 1.165) is 50.5 Å². The van der Waals surface area contributed by atoms with Crippen LogP contribution in [0.1, 0.15) is 11.1 Å². The predicted octanol–water partition coefficient (Wildman–Crippen LogP) is 11.0. The lowest BCUT2D eigenvalue weighted by atomic mass is 10.0. The number of hydrogen-bond donors (Lipinski definition) is 0. The Kier molecular flexibility index (Phi) is 5.50. The molecule has 0 aliphatic carbocycles. The van der Waals surface area contributed by atoms with Crippen molar-refractivity contribution in [3.8, 4) is 16.9 Å². The van der Waals surface area contributed by atoms with Gasteiger partial charge in [-0.1, -0.05) is 109 Å². The van der Waals surface area contributed by atoms with Crippen LogP contribution < -0.4 is 4.90 Å². The lowest BCUT2D eigenvalue weighted by Crippen LogP contribution is -2.12. The first kappa shape index (κ1) is 24.6. The van der Waals surface area contributed by atoms with Gasteiger partial charge < -0.3 is 9.47 Å². The van der Waals surface area contributed by atoms with Crippen molar-refractivity contribution in [1.82, 2.24) is 9.55 Å². The molecule has 3 heteroatoms. The zero-order chi connectivity index (χ0) is 29.0. The SMILES string of the molecule is C1=Cc2ccc(-c3ccc4ccccc4n3)cc2N(c2ccc3c4ccccc4n(-c4ccccc4)c3c2)c2ccccc21. The molecule has 2 aromatic heterocycles. The van der Waals surface area contributed by atoms with E-state index >= 15 is 0 Å². The van der Waals surface area contributed by atoms with Gasteiger partial charge in [-0.2, -0.15) is 0 Å². The van der Waals surface area contributed by atoms with Gasteiger partial charge in [0.25, 0.3) is 0 Å². The largest absolute Gasteiger partial charge is 0.309 e. The van der Waals surface area contributed by atoms with E-state index in [1.807, 2.05) is 6.07 Å². The summed E-state index contributed by atoms with van der Waals surface area (Å²) in [5, 5.41) is 3.64. The fourth-order valence-corrected chi connectivity index (χ4v) is 6.64. The Bertz CT molecular complexity index is 2400. The highest BCUT2D eigenvalue weighted by Gasteiger charge is 2.22. The van der Waals surface area contributed by atoms with Gasteiger partial charge in [0.2, 0.25) is 0 Å². The van der Waals surface area contributed by atoms with E-state index in [0.29, 0.717) is 0 Å². The summed E-state index contributed by atoms with van der Waals surface area (Å²) in [5.74, 6) is 0. The average molecular weight is 562 g/mol. The monoisotopic (exact) mass is 561 g/mol. The average Bonchev–Trinajstić information content (AvgIpc) is 3.32. The molecule has 0 radical (unpaired) electrons. The van der Waals surface area contributed by atoms with Crippen molar-refractivity contribution in [3.05, 3.63) is 163 Å². The van der Waals surface area contributed by atoms with E-state index in [2.05, 4.69) is 167 Å². The van der Waals surface area contributed by atoms with Gasteiger partial charge in [-0.25, -0.2) is 4.98 Å². The van der Waals surface area contributed by atoms with E-state index in [9.17, 15) is 0 Å². The van der Waals surface area contributed by atoms with Crippen molar-refractivity contribution in [3.63, 3.8) is 0 Å². The molecule has 0 amide bonds. The quantitative estimate of drug-likeness (QED) is 0.214. The van der Waals surface area contributed by atoms with Crippen LogP contribution in [0.15, 0.2) is 152 Å². The second-order valence-electron chi connectivity index (χ2n) is 11.3. The first-order valence-corrected chi connectivity index (χ1v) is 15.0. The van der Waals surface area contributed by atoms with Crippen molar-refractivity contribution < 1.29 is 0 Å². The van der Waals surface area contributed by atoms with Crippen LogP contribution >= 0.6 is 0 Å². The second-order valence-corrected chi connectivity index (χ2v) is 11.3. The lowest BCUT2D eigenvalue weighted by Gasteiger charge is -2.28. The van der Waals surface area contributed by atoms with E-state index in [1.165, 1.54) is 27.4 Å². The highest BCUT2D eigenvalue weighted by Crippen LogP contribution is 2.45. The molecular weight excluding hydrogens is 534 g/mol. The van der Waals surface area contributed by atoms with Gasteiger partial charge in [-0.05, 0) is 65.7 Å². The van der Waals surface area contributed by atoms with E-state index in [-0.39, 0.29) is 0 Å². The van der Waals surface area contributed by atoms with E-state index in [4.69, 9.17) is 4.98 Å². The number of nitrogens with zero attached hydrogens (tertiary/aromatic N) is 3. The van der Waals surface area contributed by atoms with Gasteiger partial charge in [-0.15, -0.1) is 0 Å². The minimum atomic E-state index is 0.965. The Morgan fingerprint density at radius 1 is 0.455 bits per heavy atom. The van der Waals surface area contributed by atoms with Crippen LogP contribution in [0, 0.1) is 0 Å². The summed E-state index contributed by atoms with van der Waals surface area (Å²) in [4.78, 5) is 7.43. The Morgan fingerprint density at radius 2 is 1.20 bits per heavy atom. The normalized spacial score (nSPS) is 12.4. The molecule has 0 spiro atoms. The summed E-state index contributed by atoms with van der Waals surface area (Å²) in [6, 6.07) is 54.1. The third kappa shape index (κ3) is 3.87. The van der Waals surface area contributed by atoms with Crippen LogP contribution in [0.4, 0.5) is 17.1 Å². The third-order valence-corrected chi connectivity index (χ3v) is 8.72. The van der Waals surface area contributed by atoms with Gasteiger partial charge in [0, 0.05) is 33.1 Å². The summed E-state index contributed by atoms with van der Waals surface area (Å²) in [6.07, 6.45) is 4.45. The van der Waals surface area contributed by atoms with Crippen LogP contribution in [0.25, 0.3) is 61.8 Å². The zero-order valence-electron chi connectivity index (χ0n) is 23.9. The maximum absolute atomic E-state index is 5.03. The van der Waals surface area contributed by atoms with Crippen molar-refractivity contribution >= 4 is 61.9 Å². The third-order valence-electron chi connectivity index (χ3n) is 8.72. The highest BCUT2D eigenvalue weighted by molar-refractivity contribution is 6.10. The van der Waals surface area contributed by atoms with E-state index < -0.39 is 0 Å². The molecule has 9 rings (SSSR count). The number of para-hydroxylation sites is 4. The zero-order valence-corrected chi connectivity index (χ0v) is 23.9. The summed E-state index contributed by atoms with van der Waals surface area (Å²) in [7, 11) is 0. The number of hydrogen-bond acceptors (Lipinski definition) is 2. The standard InChI is InChI=1S/C41H27N3/c1-2-12-32(13-3-1)43-39-17-9-6-14-34(39)35-24-23-33(27-41(35)43)44-38-16-8-5-11-29(38)18-19-30-20-21-31(26-40(30)44)37-25-22-28-10-4-7-15-36(28)42-37/h1-27H. The van der Waals surface area contributed by atoms with Crippen LogP contribution in [0.5, 0.6) is 0 Å². The molecule has 0 bridgehead atoms. The smallest absolute Gasteiger partial charge is 0.0710 e. The summed E-state index contributed by atoms with van der Waals surface area (Å²) >= 11 is 0. The van der Waals surface area contributed by atoms with Crippen molar-refractivity contribution in [1.29, 1.82) is 0 Å². The molecule has 0 atom stereocenters. The van der Waals surface area contributed by atoms with Gasteiger partial charge in [0.05, 0.1) is 33.6 Å². The number of benzene rings is 6. The van der Waals surface area contributed by atoms with Crippen molar-refractivity contribution in [2.24, 2.45) is 0 Å². The predicted molar refractivity (Wildman–Crippen MR) is 185 cm³/mol. The van der Waals surface area contributed by atoms with Crippen LogP contribution in [-0.2, 0) is 0 Å². The molecule has 44 heavy (non-hydrogen) atoms. The Morgan fingerprint density at radius 3 is 2.14 bits per heavy atom. The molecule has 8 aromatic rings. The number of rotatable bonds is 3. The minimum Gasteiger partial charge on any atom is -0.309 e. The van der Waals surface area contributed by atoms with Gasteiger partial charge in [0.15, 0.2) is 0 Å². The molecular formula is C41H27N3. The molecule has 6 aromatic carbocycles. The van der Waals surface area contributed by atoms with Crippen LogP contribution in [0.2, 0.25) is 0 Å². The highest BCUT2D eigenvalue weighted by atomic mass is 15.2. The molecule has 0 N–H and O–H groups in total. The number of aromatic nitrogens is 2. The minimum absolute atomic E-state index is 0.965. The summed E-state index contributed by atoms with van der Waals surface area (Å²) in [6.45, 7) is 0. The second kappa shape index (κ2) is 9.82. The first-order chi connectivity index (χ1) is 21.8. The molecule has 0 saturated carbocycles. The van der Waals surface area contributed by atoms with Crippen molar-refractivity contribution in [2.45, 2.75) is 0 Å². The summed E-state index contributed by atoms with van der Waals surface area (Å²) < 4.78 is 2.38. The molecule has 1 aliphatic heterocycles. The molecule has 1 aliphatic rings. The fraction of sp³-hybridized carbons (Fsp3) is 0. The summed E-state index contributed by atoms with van der Waals surface area (Å²) in [5.41, 5.74) is 12.3. The molecule has 3 nitrogen and oxygen atoms in total. The van der Waals surface area contributed by atoms with Gasteiger partial charge in [-0.3, -0.25) is 0 Å².